The summed E-state index contributed by atoms with van der Waals surface area (Å²) in [5.74, 6) is -0.369. The summed E-state index contributed by atoms with van der Waals surface area (Å²) < 4.78 is 0. The van der Waals surface area contributed by atoms with Crippen molar-refractivity contribution in [2.45, 2.75) is 13.0 Å². The predicted octanol–water partition coefficient (Wildman–Crippen LogP) is 1.44. The lowest BCUT2D eigenvalue weighted by Gasteiger charge is -2.02. The Kier molecular flexibility index (Phi) is 3.23. The highest BCUT2D eigenvalue weighted by molar-refractivity contribution is 7.12. The third kappa shape index (κ3) is 2.68. The highest BCUT2D eigenvalue weighted by atomic mass is 35.5. The van der Waals surface area contributed by atoms with Crippen LogP contribution in [0.15, 0.2) is 5.38 Å². The summed E-state index contributed by atoms with van der Waals surface area (Å²) in [7, 11) is 0. The number of halogens is 1. The number of carbonyl (C=O) groups is 1. The maximum atomic E-state index is 11.3. The number of carbonyl (C=O) groups excluding carboxylic acids is 1. The van der Waals surface area contributed by atoms with E-state index in [1.165, 1.54) is 0 Å². The summed E-state index contributed by atoms with van der Waals surface area (Å²) in [5.41, 5.74) is 0. The van der Waals surface area contributed by atoms with Crippen molar-refractivity contribution in [2.24, 2.45) is 0 Å². The Bertz CT molecular complexity index is 357. The van der Waals surface area contributed by atoms with Crippen LogP contribution in [0.25, 0.3) is 0 Å². The Labute approximate surface area is 84.2 Å². The Balaban J connectivity index is 2.65. The van der Waals surface area contributed by atoms with Crippen molar-refractivity contribution in [1.82, 2.24) is 10.3 Å². The molecular formula is C7H6ClN3OS. The SMILES string of the molecule is C[C@@H](C#N)NC(=O)c1nc(Cl)cs1. The Hall–Kier alpha value is -1.12. The molecule has 0 unspecified atom stereocenters. The lowest BCUT2D eigenvalue weighted by atomic mass is 10.4. The average Bonchev–Trinajstić information content (AvgIpc) is 2.51. The second-order valence-electron chi connectivity index (χ2n) is 2.30. The van der Waals surface area contributed by atoms with Gasteiger partial charge < -0.3 is 5.32 Å². The number of nitrogens with one attached hydrogen (secondary N) is 1. The van der Waals surface area contributed by atoms with Crippen molar-refractivity contribution in [3.05, 3.63) is 15.5 Å². The maximum absolute atomic E-state index is 11.3. The van der Waals surface area contributed by atoms with Gasteiger partial charge in [0.2, 0.25) is 0 Å². The van der Waals surface area contributed by atoms with Crippen LogP contribution in [-0.4, -0.2) is 16.9 Å². The number of nitrogens with zero attached hydrogens (tertiary/aromatic N) is 2. The van der Waals surface area contributed by atoms with Crippen LogP contribution in [0.4, 0.5) is 0 Å². The van der Waals surface area contributed by atoms with Gasteiger partial charge in [-0.15, -0.1) is 11.3 Å². The number of thiazole rings is 1. The molecule has 1 aromatic rings. The van der Waals surface area contributed by atoms with Gasteiger partial charge in [0.05, 0.1) is 6.07 Å². The average molecular weight is 216 g/mol. The summed E-state index contributed by atoms with van der Waals surface area (Å²) in [4.78, 5) is 15.0. The number of aromatic nitrogens is 1. The molecule has 0 saturated heterocycles. The molecule has 0 aliphatic rings. The zero-order valence-corrected chi connectivity index (χ0v) is 8.32. The van der Waals surface area contributed by atoms with E-state index < -0.39 is 6.04 Å². The largest absolute Gasteiger partial charge is 0.334 e. The monoisotopic (exact) mass is 215 g/mol. The normalized spacial score (nSPS) is 11.8. The minimum atomic E-state index is -0.518. The molecule has 0 aliphatic carbocycles. The molecule has 1 N–H and O–H groups in total. The van der Waals surface area contributed by atoms with Crippen LogP contribution in [0.1, 0.15) is 16.7 Å². The quantitative estimate of drug-likeness (QED) is 0.812. The van der Waals surface area contributed by atoms with Crippen molar-refractivity contribution in [3.63, 3.8) is 0 Å². The molecule has 0 aliphatic heterocycles. The van der Waals surface area contributed by atoms with E-state index in [1.807, 2.05) is 6.07 Å². The van der Waals surface area contributed by atoms with Crippen LogP contribution in [0.2, 0.25) is 5.15 Å². The molecule has 1 atom stereocenters. The van der Waals surface area contributed by atoms with E-state index in [-0.39, 0.29) is 10.9 Å². The molecule has 0 spiro atoms. The van der Waals surface area contributed by atoms with Gasteiger partial charge in [-0.3, -0.25) is 4.79 Å². The Morgan fingerprint density at radius 1 is 1.92 bits per heavy atom. The predicted molar refractivity (Wildman–Crippen MR) is 49.7 cm³/mol. The molecule has 6 heteroatoms. The lowest BCUT2D eigenvalue weighted by Crippen LogP contribution is -2.31. The maximum Gasteiger partial charge on any atom is 0.281 e. The summed E-state index contributed by atoms with van der Waals surface area (Å²) in [6.07, 6.45) is 0. The molecular weight excluding hydrogens is 210 g/mol. The van der Waals surface area contributed by atoms with Crippen LogP contribution in [0, 0.1) is 11.3 Å². The summed E-state index contributed by atoms with van der Waals surface area (Å²) >= 11 is 6.67. The van der Waals surface area contributed by atoms with Gasteiger partial charge in [0.1, 0.15) is 11.2 Å². The minimum absolute atomic E-state index is 0.270. The van der Waals surface area contributed by atoms with Crippen LogP contribution in [0.3, 0.4) is 0 Å². The van der Waals surface area contributed by atoms with E-state index in [2.05, 4.69) is 10.3 Å². The van der Waals surface area contributed by atoms with Gasteiger partial charge in [0, 0.05) is 5.38 Å². The van der Waals surface area contributed by atoms with Gasteiger partial charge in [0.15, 0.2) is 5.01 Å². The van der Waals surface area contributed by atoms with E-state index in [0.717, 1.165) is 11.3 Å². The van der Waals surface area contributed by atoms with E-state index in [4.69, 9.17) is 16.9 Å². The summed E-state index contributed by atoms with van der Waals surface area (Å²) in [6, 6.07) is 1.37. The minimum Gasteiger partial charge on any atom is -0.334 e. The molecule has 4 nitrogen and oxygen atoms in total. The number of hydrogen-bond acceptors (Lipinski definition) is 4. The Morgan fingerprint density at radius 2 is 2.62 bits per heavy atom. The molecule has 1 rings (SSSR count). The third-order valence-corrected chi connectivity index (χ3v) is 2.38. The number of hydrogen-bond donors (Lipinski definition) is 1. The molecule has 1 heterocycles. The lowest BCUT2D eigenvalue weighted by molar-refractivity contribution is 0.0947. The highest BCUT2D eigenvalue weighted by Crippen LogP contribution is 2.13. The molecule has 1 amide bonds. The summed E-state index contributed by atoms with van der Waals surface area (Å²) in [6.45, 7) is 1.59. The smallest absolute Gasteiger partial charge is 0.281 e. The van der Waals surface area contributed by atoms with Crippen molar-refractivity contribution >= 4 is 28.8 Å². The summed E-state index contributed by atoms with van der Waals surface area (Å²) in [5, 5.41) is 13.0. The fraction of sp³-hybridized carbons (Fsp3) is 0.286. The van der Waals surface area contributed by atoms with Crippen LogP contribution >= 0.6 is 22.9 Å². The molecule has 13 heavy (non-hydrogen) atoms. The molecule has 0 saturated carbocycles. The first kappa shape index (κ1) is 9.96. The van der Waals surface area contributed by atoms with Crippen molar-refractivity contribution in [2.75, 3.05) is 0 Å². The molecule has 0 fully saturated rings. The van der Waals surface area contributed by atoms with Gasteiger partial charge in [-0.2, -0.15) is 5.26 Å². The fourth-order valence-corrected chi connectivity index (χ4v) is 1.50. The van der Waals surface area contributed by atoms with Crippen LogP contribution in [-0.2, 0) is 0 Å². The second-order valence-corrected chi connectivity index (χ2v) is 3.54. The number of amides is 1. The molecule has 68 valence electrons. The van der Waals surface area contributed by atoms with Gasteiger partial charge in [-0.05, 0) is 6.92 Å². The zero-order chi connectivity index (χ0) is 9.84. The van der Waals surface area contributed by atoms with Crippen molar-refractivity contribution in [3.8, 4) is 6.07 Å². The van der Waals surface area contributed by atoms with E-state index in [0.29, 0.717) is 5.15 Å². The fourth-order valence-electron chi connectivity index (χ4n) is 0.649. The first-order valence-electron chi connectivity index (χ1n) is 3.45. The highest BCUT2D eigenvalue weighted by Gasteiger charge is 2.12. The number of rotatable bonds is 2. The van der Waals surface area contributed by atoms with E-state index in [1.54, 1.807) is 12.3 Å². The molecule has 1 aromatic heterocycles. The van der Waals surface area contributed by atoms with E-state index in [9.17, 15) is 4.79 Å². The standard InChI is InChI=1S/C7H6ClN3OS/c1-4(2-9)10-6(12)7-11-5(8)3-13-7/h3-4H,1H3,(H,10,12)/t4-/m0/s1. The second kappa shape index (κ2) is 4.21. The first-order valence-corrected chi connectivity index (χ1v) is 4.70. The van der Waals surface area contributed by atoms with Crippen molar-refractivity contribution < 1.29 is 4.79 Å². The van der Waals surface area contributed by atoms with Gasteiger partial charge in [-0.1, -0.05) is 11.6 Å². The van der Waals surface area contributed by atoms with Crippen molar-refractivity contribution in [1.29, 1.82) is 5.26 Å². The van der Waals surface area contributed by atoms with Crippen LogP contribution in [0.5, 0.6) is 0 Å². The molecule has 0 aromatic carbocycles. The van der Waals surface area contributed by atoms with E-state index >= 15 is 0 Å². The topological polar surface area (TPSA) is 65.8 Å². The van der Waals surface area contributed by atoms with Crippen LogP contribution < -0.4 is 5.32 Å². The zero-order valence-electron chi connectivity index (χ0n) is 6.74. The Morgan fingerprint density at radius 3 is 3.08 bits per heavy atom. The third-order valence-electron chi connectivity index (χ3n) is 1.21. The molecule has 0 radical (unpaired) electrons. The molecule has 0 bridgehead atoms. The van der Waals surface area contributed by atoms with Gasteiger partial charge in [0.25, 0.3) is 5.91 Å². The van der Waals surface area contributed by atoms with Gasteiger partial charge >= 0.3 is 0 Å². The van der Waals surface area contributed by atoms with Gasteiger partial charge in [-0.25, -0.2) is 4.98 Å². The number of nitriles is 1. The first-order chi connectivity index (χ1) is 6.13.